The van der Waals surface area contributed by atoms with Crippen LogP contribution in [0.1, 0.15) is 11.7 Å². The largest absolute Gasteiger partial charge is 0.493 e. The summed E-state index contributed by atoms with van der Waals surface area (Å²) >= 11 is 0. The SMILES string of the molecule is COc1ccc(C(O)C2COCCO2)cc1OC. The van der Waals surface area contributed by atoms with Crippen LogP contribution in [0, 0.1) is 0 Å². The van der Waals surface area contributed by atoms with Crippen LogP contribution in [0.25, 0.3) is 0 Å². The highest BCUT2D eigenvalue weighted by Crippen LogP contribution is 2.31. The lowest BCUT2D eigenvalue weighted by atomic mass is 10.0. The normalized spacial score (nSPS) is 21.4. The second kappa shape index (κ2) is 6.04. The number of aliphatic hydroxyl groups excluding tert-OH is 1. The Balaban J connectivity index is 2.16. The average Bonchev–Trinajstić information content (AvgIpc) is 2.46. The molecule has 2 rings (SSSR count). The first-order valence-corrected chi connectivity index (χ1v) is 5.85. The number of ether oxygens (including phenoxy) is 4. The molecule has 1 heterocycles. The van der Waals surface area contributed by atoms with Gasteiger partial charge in [0.15, 0.2) is 11.5 Å². The molecular weight excluding hydrogens is 236 g/mol. The molecule has 2 unspecified atom stereocenters. The van der Waals surface area contributed by atoms with Crippen LogP contribution in [0.15, 0.2) is 18.2 Å². The first kappa shape index (κ1) is 13.1. The van der Waals surface area contributed by atoms with Gasteiger partial charge in [-0.25, -0.2) is 0 Å². The van der Waals surface area contributed by atoms with E-state index >= 15 is 0 Å². The van der Waals surface area contributed by atoms with E-state index in [4.69, 9.17) is 18.9 Å². The highest BCUT2D eigenvalue weighted by Gasteiger charge is 2.25. The molecule has 1 saturated heterocycles. The molecule has 0 aliphatic carbocycles. The van der Waals surface area contributed by atoms with Crippen molar-refractivity contribution in [2.75, 3.05) is 34.0 Å². The predicted octanol–water partition coefficient (Wildman–Crippen LogP) is 1.15. The number of hydrogen-bond donors (Lipinski definition) is 1. The lowest BCUT2D eigenvalue weighted by Crippen LogP contribution is -2.33. The van der Waals surface area contributed by atoms with Gasteiger partial charge in [0.1, 0.15) is 12.2 Å². The van der Waals surface area contributed by atoms with Gasteiger partial charge in [0, 0.05) is 0 Å². The van der Waals surface area contributed by atoms with Crippen LogP contribution >= 0.6 is 0 Å². The van der Waals surface area contributed by atoms with Crippen LogP contribution in [-0.2, 0) is 9.47 Å². The summed E-state index contributed by atoms with van der Waals surface area (Å²) in [6.45, 7) is 1.49. The lowest BCUT2D eigenvalue weighted by Gasteiger charge is -2.27. The van der Waals surface area contributed by atoms with Crippen molar-refractivity contribution >= 4 is 0 Å². The maximum atomic E-state index is 10.2. The van der Waals surface area contributed by atoms with Gasteiger partial charge in [0.25, 0.3) is 0 Å². The van der Waals surface area contributed by atoms with E-state index in [-0.39, 0.29) is 6.10 Å². The molecule has 5 nitrogen and oxygen atoms in total. The van der Waals surface area contributed by atoms with E-state index < -0.39 is 6.10 Å². The van der Waals surface area contributed by atoms with Crippen molar-refractivity contribution in [3.05, 3.63) is 23.8 Å². The molecule has 1 aliphatic heterocycles. The molecule has 0 amide bonds. The Kier molecular flexibility index (Phi) is 4.41. The lowest BCUT2D eigenvalue weighted by molar-refractivity contribution is -0.133. The Hall–Kier alpha value is -1.30. The highest BCUT2D eigenvalue weighted by molar-refractivity contribution is 5.43. The van der Waals surface area contributed by atoms with Gasteiger partial charge in [-0.1, -0.05) is 6.07 Å². The number of hydrogen-bond acceptors (Lipinski definition) is 5. The zero-order chi connectivity index (χ0) is 13.0. The predicted molar refractivity (Wildman–Crippen MR) is 65.1 cm³/mol. The average molecular weight is 254 g/mol. The molecule has 1 N–H and O–H groups in total. The van der Waals surface area contributed by atoms with Gasteiger partial charge in [-0.3, -0.25) is 0 Å². The molecule has 18 heavy (non-hydrogen) atoms. The van der Waals surface area contributed by atoms with Crippen molar-refractivity contribution in [1.29, 1.82) is 0 Å². The summed E-state index contributed by atoms with van der Waals surface area (Å²) < 4.78 is 21.1. The second-order valence-corrected chi connectivity index (χ2v) is 4.04. The summed E-state index contributed by atoms with van der Waals surface area (Å²) in [7, 11) is 3.14. The topological polar surface area (TPSA) is 57.2 Å². The maximum absolute atomic E-state index is 10.2. The van der Waals surface area contributed by atoms with Gasteiger partial charge in [-0.2, -0.15) is 0 Å². The zero-order valence-corrected chi connectivity index (χ0v) is 10.6. The van der Waals surface area contributed by atoms with Crippen molar-refractivity contribution < 1.29 is 24.1 Å². The van der Waals surface area contributed by atoms with E-state index in [9.17, 15) is 5.11 Å². The third-order valence-corrected chi connectivity index (χ3v) is 2.94. The molecule has 1 aliphatic rings. The highest BCUT2D eigenvalue weighted by atomic mass is 16.6. The third-order valence-electron chi connectivity index (χ3n) is 2.94. The van der Waals surface area contributed by atoms with Gasteiger partial charge < -0.3 is 24.1 Å². The van der Waals surface area contributed by atoms with E-state index in [2.05, 4.69) is 0 Å². The fraction of sp³-hybridized carbons (Fsp3) is 0.538. The minimum atomic E-state index is -0.731. The van der Waals surface area contributed by atoms with Crippen molar-refractivity contribution in [2.45, 2.75) is 12.2 Å². The van der Waals surface area contributed by atoms with Gasteiger partial charge in [0.2, 0.25) is 0 Å². The number of benzene rings is 1. The Morgan fingerprint density at radius 2 is 2.00 bits per heavy atom. The Morgan fingerprint density at radius 3 is 2.61 bits per heavy atom. The molecule has 5 heteroatoms. The van der Waals surface area contributed by atoms with Crippen molar-refractivity contribution in [1.82, 2.24) is 0 Å². The summed E-state index contributed by atoms with van der Waals surface area (Å²) in [5.41, 5.74) is 0.725. The molecule has 0 bridgehead atoms. The first-order chi connectivity index (χ1) is 8.76. The minimum absolute atomic E-state index is 0.336. The third kappa shape index (κ3) is 2.75. The summed E-state index contributed by atoms with van der Waals surface area (Å²) in [5.74, 6) is 1.22. The Bertz CT molecular complexity index is 387. The first-order valence-electron chi connectivity index (χ1n) is 5.85. The fourth-order valence-corrected chi connectivity index (χ4v) is 1.94. The van der Waals surface area contributed by atoms with E-state index in [0.29, 0.717) is 31.3 Å². The molecule has 100 valence electrons. The monoisotopic (exact) mass is 254 g/mol. The molecule has 2 atom stereocenters. The van der Waals surface area contributed by atoms with Gasteiger partial charge in [-0.15, -0.1) is 0 Å². The molecule has 1 aromatic rings. The van der Waals surface area contributed by atoms with Crippen LogP contribution < -0.4 is 9.47 Å². The smallest absolute Gasteiger partial charge is 0.161 e. The number of rotatable bonds is 4. The van der Waals surface area contributed by atoms with Gasteiger partial charge >= 0.3 is 0 Å². The van der Waals surface area contributed by atoms with Crippen LogP contribution in [-0.4, -0.2) is 45.3 Å². The number of methoxy groups -OCH3 is 2. The van der Waals surface area contributed by atoms with Crippen LogP contribution in [0.2, 0.25) is 0 Å². The summed E-state index contributed by atoms with van der Waals surface area (Å²) in [6.07, 6.45) is -1.07. The maximum Gasteiger partial charge on any atom is 0.161 e. The summed E-state index contributed by atoms with van der Waals surface area (Å²) in [5, 5.41) is 10.2. The molecular formula is C13H18O5. The van der Waals surface area contributed by atoms with E-state index in [1.807, 2.05) is 0 Å². The van der Waals surface area contributed by atoms with Crippen molar-refractivity contribution in [3.8, 4) is 11.5 Å². The van der Waals surface area contributed by atoms with Crippen LogP contribution in [0.3, 0.4) is 0 Å². The molecule has 0 spiro atoms. The van der Waals surface area contributed by atoms with Crippen LogP contribution in [0.5, 0.6) is 11.5 Å². The quantitative estimate of drug-likeness (QED) is 0.873. The van der Waals surface area contributed by atoms with Gasteiger partial charge in [-0.05, 0) is 17.7 Å². The Labute approximate surface area is 106 Å². The molecule has 1 aromatic carbocycles. The minimum Gasteiger partial charge on any atom is -0.493 e. The van der Waals surface area contributed by atoms with E-state index in [1.165, 1.54) is 0 Å². The van der Waals surface area contributed by atoms with Crippen molar-refractivity contribution in [2.24, 2.45) is 0 Å². The Morgan fingerprint density at radius 1 is 1.22 bits per heavy atom. The second-order valence-electron chi connectivity index (χ2n) is 4.04. The van der Waals surface area contributed by atoms with E-state index in [1.54, 1.807) is 32.4 Å². The summed E-state index contributed by atoms with van der Waals surface area (Å²) in [4.78, 5) is 0. The number of aliphatic hydroxyl groups is 1. The molecule has 0 saturated carbocycles. The standard InChI is InChI=1S/C13H18O5/c1-15-10-4-3-9(7-11(10)16-2)13(14)12-8-17-5-6-18-12/h3-4,7,12-14H,5-6,8H2,1-2H3. The molecule has 0 radical (unpaired) electrons. The zero-order valence-electron chi connectivity index (χ0n) is 10.6. The summed E-state index contributed by atoms with van der Waals surface area (Å²) in [6, 6.07) is 5.31. The van der Waals surface area contributed by atoms with Gasteiger partial charge in [0.05, 0.1) is 34.0 Å². The van der Waals surface area contributed by atoms with Crippen molar-refractivity contribution in [3.63, 3.8) is 0 Å². The van der Waals surface area contributed by atoms with Crippen LogP contribution in [0.4, 0.5) is 0 Å². The molecule has 1 fully saturated rings. The fourth-order valence-electron chi connectivity index (χ4n) is 1.94. The molecule has 0 aromatic heterocycles. The van der Waals surface area contributed by atoms with E-state index in [0.717, 1.165) is 5.56 Å².